The minimum atomic E-state index is 0.513. The largest absolute Gasteiger partial charge is 0.253 e. The SMILES string of the molecule is CCc1nc(-c2ccc3nc(C)ccc3c2)nc(Cl)c1I. The van der Waals surface area contributed by atoms with E-state index in [1.165, 1.54) is 0 Å². The second-order valence-corrected chi connectivity index (χ2v) is 6.25. The number of aryl methyl sites for hydroxylation is 2. The van der Waals surface area contributed by atoms with Crippen molar-refractivity contribution in [2.45, 2.75) is 20.3 Å². The molecule has 2 aromatic heterocycles. The van der Waals surface area contributed by atoms with Gasteiger partial charge in [0.05, 0.1) is 14.8 Å². The van der Waals surface area contributed by atoms with Crippen molar-refractivity contribution >= 4 is 45.1 Å². The van der Waals surface area contributed by atoms with Crippen LogP contribution in [0.15, 0.2) is 30.3 Å². The molecule has 0 aliphatic rings. The monoisotopic (exact) mass is 409 g/mol. The van der Waals surface area contributed by atoms with Crippen LogP contribution in [0.5, 0.6) is 0 Å². The van der Waals surface area contributed by atoms with Gasteiger partial charge in [-0.2, -0.15) is 0 Å². The number of fused-ring (bicyclic) bond motifs is 1. The maximum Gasteiger partial charge on any atom is 0.161 e. The molecule has 3 nitrogen and oxygen atoms in total. The molecule has 0 spiro atoms. The van der Waals surface area contributed by atoms with Crippen LogP contribution in [0.4, 0.5) is 0 Å². The maximum atomic E-state index is 6.22. The second-order valence-electron chi connectivity index (χ2n) is 4.81. The zero-order chi connectivity index (χ0) is 15.0. The summed E-state index contributed by atoms with van der Waals surface area (Å²) in [5.74, 6) is 0.666. The van der Waals surface area contributed by atoms with E-state index in [0.717, 1.165) is 37.8 Å². The second kappa shape index (κ2) is 5.85. The Kier molecular flexibility index (Phi) is 4.08. The minimum Gasteiger partial charge on any atom is -0.253 e. The van der Waals surface area contributed by atoms with Gasteiger partial charge in [0.15, 0.2) is 5.82 Å². The molecule has 5 heteroatoms. The van der Waals surface area contributed by atoms with E-state index in [2.05, 4.69) is 56.6 Å². The third-order valence-corrected chi connectivity index (χ3v) is 5.03. The minimum absolute atomic E-state index is 0.513. The highest BCUT2D eigenvalue weighted by Crippen LogP contribution is 2.26. The fourth-order valence-electron chi connectivity index (χ4n) is 2.19. The highest BCUT2D eigenvalue weighted by Gasteiger charge is 2.11. The molecule has 0 atom stereocenters. The molecule has 3 rings (SSSR count). The topological polar surface area (TPSA) is 38.7 Å². The van der Waals surface area contributed by atoms with Crippen molar-refractivity contribution in [3.8, 4) is 11.4 Å². The van der Waals surface area contributed by atoms with Gasteiger partial charge >= 0.3 is 0 Å². The Labute approximate surface area is 141 Å². The average Bonchev–Trinajstić information content (AvgIpc) is 2.49. The Bertz CT molecular complexity index is 833. The van der Waals surface area contributed by atoms with Gasteiger partial charge in [0.1, 0.15) is 5.15 Å². The first kappa shape index (κ1) is 14.7. The molecule has 0 aliphatic heterocycles. The van der Waals surface area contributed by atoms with E-state index in [0.29, 0.717) is 11.0 Å². The van der Waals surface area contributed by atoms with Gasteiger partial charge in [-0.25, -0.2) is 9.97 Å². The van der Waals surface area contributed by atoms with Crippen LogP contribution in [0, 0.1) is 10.5 Å². The molecule has 0 N–H and O–H groups in total. The number of aromatic nitrogens is 3. The molecule has 0 bridgehead atoms. The lowest BCUT2D eigenvalue weighted by Gasteiger charge is -2.07. The van der Waals surface area contributed by atoms with Gasteiger partial charge in [0.25, 0.3) is 0 Å². The molecule has 0 aliphatic carbocycles. The fraction of sp³-hybridized carbons (Fsp3) is 0.188. The van der Waals surface area contributed by atoms with Crippen LogP contribution in [0.25, 0.3) is 22.3 Å². The molecular formula is C16H13ClIN3. The van der Waals surface area contributed by atoms with Gasteiger partial charge in [-0.05, 0) is 60.2 Å². The van der Waals surface area contributed by atoms with Crippen LogP contribution >= 0.6 is 34.2 Å². The molecular weight excluding hydrogens is 397 g/mol. The van der Waals surface area contributed by atoms with Crippen molar-refractivity contribution in [3.05, 3.63) is 50.4 Å². The molecule has 3 aromatic rings. The summed E-state index contributed by atoms with van der Waals surface area (Å²) in [6.07, 6.45) is 0.835. The van der Waals surface area contributed by atoms with Gasteiger partial charge in [-0.1, -0.05) is 24.6 Å². The molecule has 0 fully saturated rings. The van der Waals surface area contributed by atoms with Crippen LogP contribution in [0.1, 0.15) is 18.3 Å². The first-order chi connectivity index (χ1) is 10.1. The van der Waals surface area contributed by atoms with Crippen LogP contribution in [-0.2, 0) is 6.42 Å². The van der Waals surface area contributed by atoms with Crippen molar-refractivity contribution in [1.29, 1.82) is 0 Å². The number of halogens is 2. The zero-order valence-electron chi connectivity index (χ0n) is 11.7. The average molecular weight is 410 g/mol. The highest BCUT2D eigenvalue weighted by molar-refractivity contribution is 14.1. The lowest BCUT2D eigenvalue weighted by Crippen LogP contribution is -1.99. The van der Waals surface area contributed by atoms with Crippen molar-refractivity contribution in [1.82, 2.24) is 15.0 Å². The molecule has 1 aromatic carbocycles. The zero-order valence-corrected chi connectivity index (χ0v) is 14.6. The molecule has 0 radical (unpaired) electrons. The van der Waals surface area contributed by atoms with Gasteiger partial charge in [0, 0.05) is 16.6 Å². The number of pyridine rings is 1. The summed E-state index contributed by atoms with van der Waals surface area (Å²) in [6.45, 7) is 4.06. The molecule has 0 saturated heterocycles. The van der Waals surface area contributed by atoms with Crippen LogP contribution in [0.3, 0.4) is 0 Å². The summed E-state index contributed by atoms with van der Waals surface area (Å²) in [4.78, 5) is 13.5. The van der Waals surface area contributed by atoms with E-state index in [1.807, 2.05) is 25.1 Å². The normalized spacial score (nSPS) is 11.0. The summed E-state index contributed by atoms with van der Waals surface area (Å²) in [5, 5.41) is 1.59. The lowest BCUT2D eigenvalue weighted by atomic mass is 10.1. The van der Waals surface area contributed by atoms with E-state index in [-0.39, 0.29) is 0 Å². The van der Waals surface area contributed by atoms with Gasteiger partial charge in [-0.3, -0.25) is 4.98 Å². The third-order valence-electron chi connectivity index (χ3n) is 3.30. The Hall–Kier alpha value is -1.27. The molecule has 21 heavy (non-hydrogen) atoms. The quantitative estimate of drug-likeness (QED) is 0.450. The van der Waals surface area contributed by atoms with E-state index in [9.17, 15) is 0 Å². The summed E-state index contributed by atoms with van der Waals surface area (Å²) in [7, 11) is 0. The smallest absolute Gasteiger partial charge is 0.161 e. The van der Waals surface area contributed by atoms with Crippen molar-refractivity contribution in [2.75, 3.05) is 0 Å². The summed E-state index contributed by atoms with van der Waals surface area (Å²) in [5.41, 5.74) is 3.93. The Morgan fingerprint density at radius 3 is 2.67 bits per heavy atom. The fourth-order valence-corrected chi connectivity index (χ4v) is 3.00. The first-order valence-corrected chi connectivity index (χ1v) is 8.14. The van der Waals surface area contributed by atoms with E-state index in [4.69, 9.17) is 11.6 Å². The van der Waals surface area contributed by atoms with Gasteiger partial charge < -0.3 is 0 Å². The maximum absolute atomic E-state index is 6.22. The Morgan fingerprint density at radius 1 is 1.10 bits per heavy atom. The Morgan fingerprint density at radius 2 is 1.90 bits per heavy atom. The molecule has 2 heterocycles. The Balaban J connectivity index is 2.16. The summed E-state index contributed by atoms with van der Waals surface area (Å²) >= 11 is 8.41. The first-order valence-electron chi connectivity index (χ1n) is 6.68. The van der Waals surface area contributed by atoms with E-state index < -0.39 is 0 Å². The number of hydrogen-bond donors (Lipinski definition) is 0. The lowest BCUT2D eigenvalue weighted by molar-refractivity contribution is 0.989. The van der Waals surface area contributed by atoms with Crippen LogP contribution in [0.2, 0.25) is 5.15 Å². The predicted octanol–water partition coefficient (Wildman–Crippen LogP) is 4.82. The van der Waals surface area contributed by atoms with E-state index >= 15 is 0 Å². The van der Waals surface area contributed by atoms with Crippen LogP contribution in [-0.4, -0.2) is 15.0 Å². The summed E-state index contributed by atoms with van der Waals surface area (Å²) in [6, 6.07) is 10.1. The third kappa shape index (κ3) is 2.87. The number of nitrogens with zero attached hydrogens (tertiary/aromatic N) is 3. The molecule has 106 valence electrons. The van der Waals surface area contributed by atoms with E-state index in [1.54, 1.807) is 0 Å². The van der Waals surface area contributed by atoms with Crippen molar-refractivity contribution in [2.24, 2.45) is 0 Å². The summed E-state index contributed by atoms with van der Waals surface area (Å²) < 4.78 is 0.929. The van der Waals surface area contributed by atoms with Crippen molar-refractivity contribution in [3.63, 3.8) is 0 Å². The number of benzene rings is 1. The molecule has 0 saturated carbocycles. The molecule has 0 unspecified atom stereocenters. The van der Waals surface area contributed by atoms with Gasteiger partial charge in [0.2, 0.25) is 0 Å². The standard InChI is InChI=1S/C16H13ClIN3/c1-3-12-14(18)15(17)21-16(20-12)11-6-7-13-10(8-11)5-4-9(2)19-13/h4-8H,3H2,1-2H3. The van der Waals surface area contributed by atoms with Crippen molar-refractivity contribution < 1.29 is 0 Å². The number of rotatable bonds is 2. The predicted molar refractivity (Wildman–Crippen MR) is 94.6 cm³/mol. The molecule has 0 amide bonds. The highest BCUT2D eigenvalue weighted by atomic mass is 127. The van der Waals surface area contributed by atoms with Crippen LogP contribution < -0.4 is 0 Å². The van der Waals surface area contributed by atoms with Gasteiger partial charge in [-0.15, -0.1) is 0 Å². The number of hydrogen-bond acceptors (Lipinski definition) is 3.